The Hall–Kier alpha value is -1.65. The molecule has 0 aromatic heterocycles. The maximum absolute atomic E-state index is 12.3. The maximum Gasteiger partial charge on any atom is 0.240 e. The zero-order chi connectivity index (χ0) is 16.2. The first-order valence-electron chi connectivity index (χ1n) is 8.93. The van der Waals surface area contributed by atoms with E-state index in [0.717, 1.165) is 11.3 Å². The Labute approximate surface area is 137 Å². The average Bonchev–Trinajstić information content (AvgIpc) is 2.81. The van der Waals surface area contributed by atoms with E-state index in [0.29, 0.717) is 25.3 Å². The van der Waals surface area contributed by atoms with Gasteiger partial charge >= 0.3 is 0 Å². The molecule has 0 radical (unpaired) electrons. The number of fused-ring (bicyclic) bond motifs is 1. The SMILES string of the molecule is O=C(CN1C(=O)C2CC=CCC2C1=O)NCCC1CCCCC1. The maximum atomic E-state index is 12.3. The van der Waals surface area contributed by atoms with Crippen LogP contribution in [0, 0.1) is 17.8 Å². The lowest BCUT2D eigenvalue weighted by Gasteiger charge is -2.21. The molecule has 2 atom stereocenters. The van der Waals surface area contributed by atoms with Gasteiger partial charge in [-0.3, -0.25) is 19.3 Å². The molecule has 3 rings (SSSR count). The van der Waals surface area contributed by atoms with Crippen LogP contribution in [-0.4, -0.2) is 35.7 Å². The van der Waals surface area contributed by atoms with Crippen LogP contribution in [0.1, 0.15) is 51.4 Å². The summed E-state index contributed by atoms with van der Waals surface area (Å²) in [5.41, 5.74) is 0. The molecule has 126 valence electrons. The van der Waals surface area contributed by atoms with E-state index >= 15 is 0 Å². The van der Waals surface area contributed by atoms with E-state index < -0.39 is 0 Å². The first-order valence-corrected chi connectivity index (χ1v) is 8.93. The second kappa shape index (κ2) is 7.28. The fourth-order valence-electron chi connectivity index (χ4n) is 4.12. The van der Waals surface area contributed by atoms with Crippen LogP contribution >= 0.6 is 0 Å². The quantitative estimate of drug-likeness (QED) is 0.623. The molecular weight excluding hydrogens is 292 g/mol. The number of nitrogens with zero attached hydrogens (tertiary/aromatic N) is 1. The predicted octanol–water partition coefficient (Wildman–Crippen LogP) is 2.02. The smallest absolute Gasteiger partial charge is 0.240 e. The fraction of sp³-hybridized carbons (Fsp3) is 0.722. The largest absolute Gasteiger partial charge is 0.355 e. The normalized spacial score (nSPS) is 28.1. The molecule has 2 unspecified atom stereocenters. The third-order valence-electron chi connectivity index (χ3n) is 5.50. The molecule has 2 fully saturated rings. The highest BCUT2D eigenvalue weighted by Crippen LogP contribution is 2.34. The van der Waals surface area contributed by atoms with Crippen molar-refractivity contribution in [2.75, 3.05) is 13.1 Å². The molecule has 1 saturated heterocycles. The standard InChI is InChI=1S/C18H26N2O3/c21-16(19-11-10-13-6-2-1-3-7-13)12-20-17(22)14-8-4-5-9-15(14)18(20)23/h4-5,13-15H,1-3,6-12H2,(H,19,21). The highest BCUT2D eigenvalue weighted by Gasteiger charge is 2.47. The van der Waals surface area contributed by atoms with Crippen LogP contribution in [0.4, 0.5) is 0 Å². The summed E-state index contributed by atoms with van der Waals surface area (Å²) in [5, 5.41) is 2.88. The summed E-state index contributed by atoms with van der Waals surface area (Å²) in [6, 6.07) is 0. The number of likely N-dealkylation sites (tertiary alicyclic amines) is 1. The van der Waals surface area contributed by atoms with Gasteiger partial charge in [-0.2, -0.15) is 0 Å². The van der Waals surface area contributed by atoms with Gasteiger partial charge in [0.1, 0.15) is 6.54 Å². The lowest BCUT2D eigenvalue weighted by molar-refractivity contribution is -0.143. The van der Waals surface area contributed by atoms with E-state index in [-0.39, 0.29) is 36.1 Å². The molecule has 1 N–H and O–H groups in total. The Balaban J connectivity index is 1.44. The summed E-state index contributed by atoms with van der Waals surface area (Å²) in [5.74, 6) is -0.342. The minimum Gasteiger partial charge on any atom is -0.355 e. The van der Waals surface area contributed by atoms with Gasteiger partial charge in [-0.1, -0.05) is 44.3 Å². The number of carbonyl (C=O) groups is 3. The van der Waals surface area contributed by atoms with Crippen molar-refractivity contribution >= 4 is 17.7 Å². The summed E-state index contributed by atoms with van der Waals surface area (Å²) < 4.78 is 0. The van der Waals surface area contributed by atoms with E-state index in [4.69, 9.17) is 0 Å². The van der Waals surface area contributed by atoms with E-state index in [1.165, 1.54) is 32.1 Å². The Bertz CT molecular complexity index is 482. The lowest BCUT2D eigenvalue weighted by Crippen LogP contribution is -2.41. The van der Waals surface area contributed by atoms with Gasteiger partial charge < -0.3 is 5.32 Å². The van der Waals surface area contributed by atoms with E-state index in [1.807, 2.05) is 12.2 Å². The van der Waals surface area contributed by atoms with Crippen molar-refractivity contribution in [1.29, 1.82) is 0 Å². The van der Waals surface area contributed by atoms with Crippen molar-refractivity contribution < 1.29 is 14.4 Å². The molecule has 3 amide bonds. The number of rotatable bonds is 5. The third kappa shape index (κ3) is 3.65. The van der Waals surface area contributed by atoms with Gasteiger partial charge in [0.25, 0.3) is 0 Å². The number of hydrogen-bond donors (Lipinski definition) is 1. The van der Waals surface area contributed by atoms with E-state index in [9.17, 15) is 14.4 Å². The topological polar surface area (TPSA) is 66.5 Å². The van der Waals surface area contributed by atoms with Gasteiger partial charge in [-0.05, 0) is 25.2 Å². The molecule has 5 nitrogen and oxygen atoms in total. The van der Waals surface area contributed by atoms with Crippen LogP contribution in [0.25, 0.3) is 0 Å². The third-order valence-corrected chi connectivity index (χ3v) is 5.50. The number of amides is 3. The van der Waals surface area contributed by atoms with Crippen LogP contribution in [0.15, 0.2) is 12.2 Å². The summed E-state index contributed by atoms with van der Waals surface area (Å²) in [4.78, 5) is 37.8. The highest BCUT2D eigenvalue weighted by atomic mass is 16.2. The van der Waals surface area contributed by atoms with Gasteiger partial charge in [0.15, 0.2) is 0 Å². The van der Waals surface area contributed by atoms with Gasteiger partial charge in [0, 0.05) is 6.54 Å². The summed E-state index contributed by atoms with van der Waals surface area (Å²) >= 11 is 0. The first kappa shape index (κ1) is 16.2. The predicted molar refractivity (Wildman–Crippen MR) is 86.3 cm³/mol. The molecule has 1 saturated carbocycles. The summed E-state index contributed by atoms with van der Waals surface area (Å²) in [6.07, 6.45) is 12.6. The van der Waals surface area contributed by atoms with Crippen molar-refractivity contribution in [3.63, 3.8) is 0 Å². The van der Waals surface area contributed by atoms with Gasteiger partial charge in [0.2, 0.25) is 17.7 Å². The van der Waals surface area contributed by atoms with Crippen molar-refractivity contribution in [2.24, 2.45) is 17.8 Å². The lowest BCUT2D eigenvalue weighted by atomic mass is 9.85. The molecule has 2 aliphatic carbocycles. The van der Waals surface area contributed by atoms with Gasteiger partial charge in [-0.15, -0.1) is 0 Å². The zero-order valence-corrected chi connectivity index (χ0v) is 13.6. The Kier molecular flexibility index (Phi) is 5.13. The minimum absolute atomic E-state index is 0.116. The van der Waals surface area contributed by atoms with Crippen LogP contribution in [0.2, 0.25) is 0 Å². The average molecular weight is 318 g/mol. The second-order valence-electron chi connectivity index (χ2n) is 7.06. The summed E-state index contributed by atoms with van der Waals surface area (Å²) in [7, 11) is 0. The molecule has 1 heterocycles. The molecule has 1 aliphatic heterocycles. The molecular formula is C18H26N2O3. The van der Waals surface area contributed by atoms with Crippen molar-refractivity contribution in [2.45, 2.75) is 51.4 Å². The number of allylic oxidation sites excluding steroid dienone is 2. The number of nitrogens with one attached hydrogen (secondary N) is 1. The van der Waals surface area contributed by atoms with Crippen LogP contribution < -0.4 is 5.32 Å². The minimum atomic E-state index is -0.248. The first-order chi connectivity index (χ1) is 11.2. The highest BCUT2D eigenvalue weighted by molar-refractivity contribution is 6.07. The zero-order valence-electron chi connectivity index (χ0n) is 13.6. The molecule has 0 aromatic carbocycles. The molecule has 3 aliphatic rings. The second-order valence-corrected chi connectivity index (χ2v) is 7.06. The molecule has 0 bridgehead atoms. The Morgan fingerprint density at radius 3 is 2.26 bits per heavy atom. The fourth-order valence-corrected chi connectivity index (χ4v) is 4.12. The number of imide groups is 1. The molecule has 5 heteroatoms. The van der Waals surface area contributed by atoms with E-state index in [1.54, 1.807) is 0 Å². The molecule has 23 heavy (non-hydrogen) atoms. The van der Waals surface area contributed by atoms with Crippen molar-refractivity contribution in [3.8, 4) is 0 Å². The van der Waals surface area contributed by atoms with E-state index in [2.05, 4.69) is 5.32 Å². The summed E-state index contributed by atoms with van der Waals surface area (Å²) in [6.45, 7) is 0.531. The number of hydrogen-bond acceptors (Lipinski definition) is 3. The molecule has 0 spiro atoms. The Morgan fingerprint density at radius 2 is 1.65 bits per heavy atom. The monoisotopic (exact) mass is 318 g/mol. The number of carbonyl (C=O) groups excluding carboxylic acids is 3. The Morgan fingerprint density at radius 1 is 1.04 bits per heavy atom. The van der Waals surface area contributed by atoms with Gasteiger partial charge in [0.05, 0.1) is 11.8 Å². The molecule has 0 aromatic rings. The van der Waals surface area contributed by atoms with Crippen molar-refractivity contribution in [3.05, 3.63) is 12.2 Å². The van der Waals surface area contributed by atoms with Crippen LogP contribution in [-0.2, 0) is 14.4 Å². The van der Waals surface area contributed by atoms with Crippen LogP contribution in [0.5, 0.6) is 0 Å². The van der Waals surface area contributed by atoms with Gasteiger partial charge in [-0.25, -0.2) is 0 Å². The van der Waals surface area contributed by atoms with Crippen molar-refractivity contribution in [1.82, 2.24) is 10.2 Å². The van der Waals surface area contributed by atoms with Crippen LogP contribution in [0.3, 0.4) is 0 Å².